The lowest BCUT2D eigenvalue weighted by Gasteiger charge is -2.40. The van der Waals surface area contributed by atoms with Gasteiger partial charge in [-0.15, -0.1) is 0 Å². The molecular weight excluding hydrogens is 460 g/mol. The summed E-state index contributed by atoms with van der Waals surface area (Å²) in [7, 11) is 0. The van der Waals surface area contributed by atoms with Crippen LogP contribution in [0, 0.1) is 5.82 Å². The maximum atomic E-state index is 14.3. The summed E-state index contributed by atoms with van der Waals surface area (Å²) in [5.74, 6) is -0.272. The lowest BCUT2D eigenvalue weighted by molar-refractivity contribution is 0.160. The van der Waals surface area contributed by atoms with Crippen LogP contribution >= 0.6 is 23.2 Å². The average Bonchev–Trinajstić information content (AvgIpc) is 3.09. The van der Waals surface area contributed by atoms with Crippen molar-refractivity contribution in [3.8, 4) is 0 Å². The number of nitrogens with one attached hydrogen (secondary N) is 1. The molecule has 4 nitrogen and oxygen atoms in total. The van der Waals surface area contributed by atoms with Crippen molar-refractivity contribution in [3.63, 3.8) is 0 Å². The molecule has 0 radical (unpaired) electrons. The van der Waals surface area contributed by atoms with Gasteiger partial charge < -0.3 is 5.32 Å². The Balaban J connectivity index is 1.35. The van der Waals surface area contributed by atoms with Gasteiger partial charge in [0.15, 0.2) is 0 Å². The summed E-state index contributed by atoms with van der Waals surface area (Å²) in [4.78, 5) is 17.3. The van der Waals surface area contributed by atoms with Crippen LogP contribution in [0.1, 0.15) is 24.0 Å². The van der Waals surface area contributed by atoms with Crippen LogP contribution in [-0.4, -0.2) is 30.6 Å². The van der Waals surface area contributed by atoms with Gasteiger partial charge in [0.1, 0.15) is 5.82 Å². The molecule has 1 fully saturated rings. The number of nitrogens with zero attached hydrogens (tertiary/aromatic N) is 2. The van der Waals surface area contributed by atoms with Crippen LogP contribution < -0.4 is 10.2 Å². The van der Waals surface area contributed by atoms with E-state index in [9.17, 15) is 9.18 Å². The van der Waals surface area contributed by atoms with E-state index >= 15 is 0 Å². The molecule has 2 aliphatic rings. The quantitative estimate of drug-likeness (QED) is 0.448. The summed E-state index contributed by atoms with van der Waals surface area (Å²) >= 11 is 12.2. The highest BCUT2D eigenvalue weighted by atomic mass is 35.5. The summed E-state index contributed by atoms with van der Waals surface area (Å²) in [6.45, 7) is 3.09. The minimum absolute atomic E-state index is 0.233. The molecule has 1 N–H and O–H groups in total. The Morgan fingerprint density at radius 1 is 0.970 bits per heavy atom. The standard InChI is InChI=1S/C26H24Cl2FN3O/c27-19-4-1-3-18(13-19)16-31-11-9-26(10-12-31)17-32(24-8-7-21(29)15-23(24)26)25(33)30-22-6-2-5-20(28)14-22/h1-8,13-15H,9-12,16-17H2,(H,30,33). The molecule has 0 unspecified atom stereocenters. The first-order valence-electron chi connectivity index (χ1n) is 11.0. The lowest BCUT2D eigenvalue weighted by atomic mass is 9.74. The Kier molecular flexibility index (Phi) is 6.04. The zero-order valence-corrected chi connectivity index (χ0v) is 19.5. The number of carbonyl (C=O) groups is 1. The van der Waals surface area contributed by atoms with E-state index in [2.05, 4.69) is 16.3 Å². The number of rotatable bonds is 3. The highest BCUT2D eigenvalue weighted by Gasteiger charge is 2.46. The largest absolute Gasteiger partial charge is 0.326 e. The number of amides is 2. The van der Waals surface area contributed by atoms with Gasteiger partial charge in [-0.25, -0.2) is 9.18 Å². The maximum Gasteiger partial charge on any atom is 0.326 e. The number of anilines is 2. The second kappa shape index (κ2) is 8.98. The summed E-state index contributed by atoms with van der Waals surface area (Å²) in [6, 6.07) is 19.5. The van der Waals surface area contributed by atoms with Gasteiger partial charge in [0.2, 0.25) is 0 Å². The van der Waals surface area contributed by atoms with Crippen molar-refractivity contribution in [3.05, 3.63) is 93.7 Å². The number of halogens is 3. The van der Waals surface area contributed by atoms with Crippen LogP contribution in [0.3, 0.4) is 0 Å². The van der Waals surface area contributed by atoms with Gasteiger partial charge in [-0.2, -0.15) is 0 Å². The van der Waals surface area contributed by atoms with E-state index < -0.39 is 0 Å². The topological polar surface area (TPSA) is 35.6 Å². The molecule has 3 aromatic carbocycles. The van der Waals surface area contributed by atoms with E-state index in [-0.39, 0.29) is 17.3 Å². The Hall–Kier alpha value is -2.60. The monoisotopic (exact) mass is 483 g/mol. The van der Waals surface area contributed by atoms with E-state index in [0.717, 1.165) is 48.7 Å². The second-order valence-electron chi connectivity index (χ2n) is 8.87. The van der Waals surface area contributed by atoms with Crippen molar-refractivity contribution >= 4 is 40.6 Å². The highest BCUT2D eigenvalue weighted by molar-refractivity contribution is 6.31. The molecule has 0 bridgehead atoms. The van der Waals surface area contributed by atoms with E-state index in [4.69, 9.17) is 23.2 Å². The minimum atomic E-state index is -0.272. The zero-order chi connectivity index (χ0) is 23.0. The Morgan fingerprint density at radius 2 is 1.70 bits per heavy atom. The first-order chi connectivity index (χ1) is 15.9. The molecule has 2 heterocycles. The zero-order valence-electron chi connectivity index (χ0n) is 18.0. The maximum absolute atomic E-state index is 14.3. The third-order valence-electron chi connectivity index (χ3n) is 6.71. The van der Waals surface area contributed by atoms with Crippen LogP contribution in [0.5, 0.6) is 0 Å². The average molecular weight is 484 g/mol. The Bertz CT molecular complexity index is 1190. The molecule has 2 amide bonds. The number of likely N-dealkylation sites (tertiary alicyclic amines) is 1. The number of benzene rings is 3. The van der Waals surface area contributed by atoms with Crippen LogP contribution in [0.2, 0.25) is 10.0 Å². The summed E-state index contributed by atoms with van der Waals surface area (Å²) in [6.07, 6.45) is 1.70. The van der Waals surface area contributed by atoms with Gasteiger partial charge in [-0.1, -0.05) is 41.4 Å². The van der Waals surface area contributed by atoms with Crippen molar-refractivity contribution in [2.45, 2.75) is 24.8 Å². The van der Waals surface area contributed by atoms with Crippen LogP contribution in [0.25, 0.3) is 0 Å². The molecule has 5 rings (SSSR count). The van der Waals surface area contributed by atoms with E-state index in [0.29, 0.717) is 17.3 Å². The van der Waals surface area contributed by atoms with Crippen molar-refractivity contribution in [1.29, 1.82) is 0 Å². The summed E-state index contributed by atoms with van der Waals surface area (Å²) in [5, 5.41) is 4.23. The van der Waals surface area contributed by atoms with Crippen molar-refractivity contribution in [2.75, 3.05) is 29.9 Å². The molecule has 0 aliphatic carbocycles. The molecule has 0 atom stereocenters. The molecule has 1 spiro atoms. The van der Waals surface area contributed by atoms with Crippen LogP contribution in [0.15, 0.2) is 66.7 Å². The lowest BCUT2D eigenvalue weighted by Crippen LogP contribution is -2.46. The first-order valence-corrected chi connectivity index (χ1v) is 11.8. The number of carbonyl (C=O) groups excluding carboxylic acids is 1. The second-order valence-corrected chi connectivity index (χ2v) is 9.75. The van der Waals surface area contributed by atoms with Gasteiger partial charge in [0.05, 0.1) is 0 Å². The van der Waals surface area contributed by atoms with Gasteiger partial charge in [-0.3, -0.25) is 9.80 Å². The van der Waals surface area contributed by atoms with Crippen molar-refractivity contribution < 1.29 is 9.18 Å². The molecule has 0 saturated carbocycles. The molecule has 2 aliphatic heterocycles. The van der Waals surface area contributed by atoms with E-state index in [1.165, 1.54) is 11.6 Å². The highest BCUT2D eigenvalue weighted by Crippen LogP contribution is 2.47. The van der Waals surface area contributed by atoms with Gasteiger partial charge >= 0.3 is 6.03 Å². The predicted octanol–water partition coefficient (Wildman–Crippen LogP) is 6.72. The third kappa shape index (κ3) is 4.58. The van der Waals surface area contributed by atoms with Crippen molar-refractivity contribution in [1.82, 2.24) is 4.90 Å². The van der Waals surface area contributed by atoms with Crippen LogP contribution in [0.4, 0.5) is 20.6 Å². The number of piperidine rings is 1. The molecule has 0 aromatic heterocycles. The Labute approximate surface area is 202 Å². The summed E-state index contributed by atoms with van der Waals surface area (Å²) in [5.41, 5.74) is 3.26. The SMILES string of the molecule is O=C(Nc1cccc(Cl)c1)N1CC2(CCN(Cc3cccc(Cl)c3)CC2)c2cc(F)ccc21. The first kappa shape index (κ1) is 22.2. The molecule has 7 heteroatoms. The number of hydrogen-bond donors (Lipinski definition) is 1. The summed E-state index contributed by atoms with van der Waals surface area (Å²) < 4.78 is 14.3. The molecule has 3 aromatic rings. The third-order valence-corrected chi connectivity index (χ3v) is 7.18. The van der Waals surface area contributed by atoms with E-state index in [1.54, 1.807) is 41.3 Å². The van der Waals surface area contributed by atoms with Gasteiger partial charge in [-0.05, 0) is 85.6 Å². The van der Waals surface area contributed by atoms with Gasteiger partial charge in [0.25, 0.3) is 0 Å². The van der Waals surface area contributed by atoms with E-state index in [1.807, 2.05) is 18.2 Å². The number of hydrogen-bond acceptors (Lipinski definition) is 2. The van der Waals surface area contributed by atoms with Gasteiger partial charge in [0, 0.05) is 39.9 Å². The molecule has 1 saturated heterocycles. The normalized spacial score (nSPS) is 17.2. The van der Waals surface area contributed by atoms with Crippen molar-refractivity contribution in [2.24, 2.45) is 0 Å². The Morgan fingerprint density at radius 3 is 2.42 bits per heavy atom. The molecule has 170 valence electrons. The fourth-order valence-corrected chi connectivity index (χ4v) is 5.44. The molecular formula is C26H24Cl2FN3O. The smallest absolute Gasteiger partial charge is 0.307 e. The molecule has 33 heavy (non-hydrogen) atoms. The fraction of sp³-hybridized carbons (Fsp3) is 0.269. The predicted molar refractivity (Wildman–Crippen MR) is 132 cm³/mol. The number of fused-ring (bicyclic) bond motifs is 2. The van der Waals surface area contributed by atoms with Crippen LogP contribution in [-0.2, 0) is 12.0 Å². The number of urea groups is 1. The fourth-order valence-electron chi connectivity index (χ4n) is 5.04. The minimum Gasteiger partial charge on any atom is -0.307 e.